The largest absolute Gasteiger partial charge is 0.496 e. The van der Waals surface area contributed by atoms with Crippen LogP contribution in [0.4, 0.5) is 0 Å². The number of likely N-dealkylation sites (tertiary alicyclic amines) is 1. The Morgan fingerprint density at radius 3 is 2.81 bits per heavy atom. The molecule has 5 rings (SSSR count). The second-order valence-electron chi connectivity index (χ2n) is 8.28. The highest BCUT2D eigenvalue weighted by Crippen LogP contribution is 2.50. The molecule has 0 spiro atoms. The second kappa shape index (κ2) is 6.72. The highest BCUT2D eigenvalue weighted by atomic mass is 16.5. The zero-order chi connectivity index (χ0) is 18.4. The van der Waals surface area contributed by atoms with Crippen LogP contribution < -0.4 is 4.74 Å². The molecule has 0 amide bonds. The molecule has 3 atom stereocenters. The highest BCUT2D eigenvalue weighted by molar-refractivity contribution is 5.88. The first-order chi connectivity index (χ1) is 13.3. The van der Waals surface area contributed by atoms with E-state index in [4.69, 9.17) is 4.74 Å². The Kier molecular flexibility index (Phi) is 4.20. The van der Waals surface area contributed by atoms with Crippen molar-refractivity contribution in [3.63, 3.8) is 0 Å². The van der Waals surface area contributed by atoms with E-state index in [0.29, 0.717) is 6.04 Å². The summed E-state index contributed by atoms with van der Waals surface area (Å²) in [5, 5.41) is 1.30. The molecule has 0 bridgehead atoms. The number of aromatic amines is 1. The van der Waals surface area contributed by atoms with Crippen molar-refractivity contribution in [1.82, 2.24) is 9.88 Å². The Morgan fingerprint density at radius 1 is 1.15 bits per heavy atom. The minimum atomic E-state index is 0.527. The normalized spacial score (nSPS) is 25.2. The van der Waals surface area contributed by atoms with Crippen LogP contribution in [0.15, 0.2) is 48.7 Å². The zero-order valence-corrected chi connectivity index (χ0v) is 16.2. The van der Waals surface area contributed by atoms with Gasteiger partial charge in [-0.15, -0.1) is 0 Å². The number of aromatic nitrogens is 1. The van der Waals surface area contributed by atoms with Crippen LogP contribution in [0.5, 0.6) is 5.75 Å². The van der Waals surface area contributed by atoms with E-state index in [2.05, 4.69) is 59.3 Å². The van der Waals surface area contributed by atoms with Crippen LogP contribution in [0.1, 0.15) is 42.0 Å². The quantitative estimate of drug-likeness (QED) is 0.669. The first-order valence-electron chi connectivity index (χ1n) is 10.2. The van der Waals surface area contributed by atoms with Crippen molar-refractivity contribution in [1.29, 1.82) is 0 Å². The fourth-order valence-corrected chi connectivity index (χ4v) is 5.65. The van der Waals surface area contributed by atoms with Crippen LogP contribution in [0.3, 0.4) is 0 Å². The van der Waals surface area contributed by atoms with Gasteiger partial charge >= 0.3 is 0 Å². The van der Waals surface area contributed by atoms with Crippen LogP contribution in [0.25, 0.3) is 10.9 Å². The minimum absolute atomic E-state index is 0.527. The summed E-state index contributed by atoms with van der Waals surface area (Å²) in [7, 11) is 1.80. The smallest absolute Gasteiger partial charge is 0.124 e. The Labute approximate surface area is 161 Å². The number of methoxy groups -OCH3 is 1. The van der Waals surface area contributed by atoms with Gasteiger partial charge < -0.3 is 9.72 Å². The molecule has 1 aliphatic heterocycles. The van der Waals surface area contributed by atoms with Crippen LogP contribution >= 0.6 is 0 Å². The van der Waals surface area contributed by atoms with E-state index in [1.54, 1.807) is 7.11 Å². The minimum Gasteiger partial charge on any atom is -0.496 e. The summed E-state index contributed by atoms with van der Waals surface area (Å²) < 4.78 is 5.81. The number of rotatable bonds is 4. The van der Waals surface area contributed by atoms with Crippen LogP contribution in [-0.4, -0.2) is 23.5 Å². The number of nitrogens with zero attached hydrogens (tertiary/aromatic N) is 1. The van der Waals surface area contributed by atoms with Crippen molar-refractivity contribution in [2.75, 3.05) is 13.7 Å². The molecule has 27 heavy (non-hydrogen) atoms. The van der Waals surface area contributed by atoms with Crippen molar-refractivity contribution < 1.29 is 4.74 Å². The molecule has 3 heteroatoms. The van der Waals surface area contributed by atoms with Gasteiger partial charge in [0.1, 0.15) is 5.75 Å². The monoisotopic (exact) mass is 360 g/mol. The number of hydrogen-bond donors (Lipinski definition) is 1. The summed E-state index contributed by atoms with van der Waals surface area (Å²) in [5.41, 5.74) is 5.28. The number of nitrogens with one attached hydrogen (secondary N) is 1. The molecule has 2 unspecified atom stereocenters. The molecule has 1 aliphatic carbocycles. The Morgan fingerprint density at radius 2 is 2.00 bits per heavy atom. The van der Waals surface area contributed by atoms with E-state index in [9.17, 15) is 0 Å². The number of fused-ring (bicyclic) bond motifs is 2. The van der Waals surface area contributed by atoms with Gasteiger partial charge in [0.25, 0.3) is 0 Å². The third-order valence-electron chi connectivity index (χ3n) is 6.82. The molecule has 1 saturated carbocycles. The molecule has 140 valence electrons. The summed E-state index contributed by atoms with van der Waals surface area (Å²) in [6, 6.07) is 16.0. The summed E-state index contributed by atoms with van der Waals surface area (Å²) in [6.45, 7) is 4.30. The van der Waals surface area contributed by atoms with Gasteiger partial charge in [0, 0.05) is 41.8 Å². The molecule has 3 nitrogen and oxygen atoms in total. The number of benzene rings is 2. The van der Waals surface area contributed by atoms with E-state index in [1.165, 1.54) is 53.4 Å². The lowest BCUT2D eigenvalue weighted by molar-refractivity contribution is 0.213. The molecule has 1 aromatic heterocycles. The third-order valence-corrected chi connectivity index (χ3v) is 6.82. The molecule has 2 aromatic carbocycles. The van der Waals surface area contributed by atoms with Crippen LogP contribution in [0, 0.1) is 18.8 Å². The molecule has 3 aromatic rings. The SMILES string of the molecule is COc1cc(C)c2[nH]ccc2c1CN1C[C@@H]2CCCC2C1c1ccccc1. The number of aryl methyl sites for hydroxylation is 1. The lowest BCUT2D eigenvalue weighted by atomic mass is 9.89. The van der Waals surface area contributed by atoms with E-state index < -0.39 is 0 Å². The predicted molar refractivity (Wildman–Crippen MR) is 110 cm³/mol. The molecule has 1 N–H and O–H groups in total. The third kappa shape index (κ3) is 2.76. The fourth-order valence-electron chi connectivity index (χ4n) is 5.65. The topological polar surface area (TPSA) is 28.3 Å². The van der Waals surface area contributed by atoms with Gasteiger partial charge in [-0.3, -0.25) is 4.90 Å². The van der Waals surface area contributed by atoms with Gasteiger partial charge in [-0.25, -0.2) is 0 Å². The Bertz CT molecular complexity index is 946. The van der Waals surface area contributed by atoms with Crippen LogP contribution in [-0.2, 0) is 6.54 Å². The maximum Gasteiger partial charge on any atom is 0.124 e. The fraction of sp³-hybridized carbons (Fsp3) is 0.417. The molecule has 2 fully saturated rings. The average Bonchev–Trinajstić information content (AvgIpc) is 3.40. The van der Waals surface area contributed by atoms with Crippen molar-refractivity contribution in [3.05, 3.63) is 65.4 Å². The van der Waals surface area contributed by atoms with Gasteiger partial charge in [0.05, 0.1) is 7.11 Å². The lowest BCUT2D eigenvalue weighted by Gasteiger charge is -2.29. The molecule has 1 saturated heterocycles. The van der Waals surface area contributed by atoms with E-state index in [1.807, 2.05) is 6.20 Å². The number of H-pyrrole nitrogens is 1. The standard InChI is InChI=1S/C24H28N2O/c1-16-13-22(27-2)21(20-11-12-25-23(16)20)15-26-14-18-9-6-10-19(18)24(26)17-7-4-3-5-8-17/h3-5,7-8,11-13,18-19,24-25H,6,9-10,14-15H2,1-2H3/t18-,19?,24?/m0/s1. The summed E-state index contributed by atoms with van der Waals surface area (Å²) in [5.74, 6) is 2.65. The number of ether oxygens (including phenoxy) is 1. The maximum absolute atomic E-state index is 5.81. The van der Waals surface area contributed by atoms with Gasteiger partial charge in [-0.05, 0) is 54.9 Å². The predicted octanol–water partition coefficient (Wildman–Crippen LogP) is 5.46. The second-order valence-corrected chi connectivity index (χ2v) is 8.28. The zero-order valence-electron chi connectivity index (χ0n) is 16.2. The maximum atomic E-state index is 5.81. The Balaban J connectivity index is 1.56. The van der Waals surface area contributed by atoms with E-state index >= 15 is 0 Å². The summed E-state index contributed by atoms with van der Waals surface area (Å²) >= 11 is 0. The molecule has 0 radical (unpaired) electrons. The van der Waals surface area contributed by atoms with E-state index in [-0.39, 0.29) is 0 Å². The molecular formula is C24H28N2O. The van der Waals surface area contributed by atoms with Gasteiger partial charge in [0.2, 0.25) is 0 Å². The van der Waals surface area contributed by atoms with Crippen molar-refractivity contribution in [3.8, 4) is 5.75 Å². The first kappa shape index (κ1) is 16.9. The van der Waals surface area contributed by atoms with Gasteiger partial charge in [-0.2, -0.15) is 0 Å². The molecule has 2 aliphatic rings. The summed E-state index contributed by atoms with van der Waals surface area (Å²) in [4.78, 5) is 6.12. The average molecular weight is 361 g/mol. The Hall–Kier alpha value is -2.26. The van der Waals surface area contributed by atoms with Gasteiger partial charge in [-0.1, -0.05) is 36.8 Å². The van der Waals surface area contributed by atoms with Crippen molar-refractivity contribution >= 4 is 10.9 Å². The number of hydrogen-bond acceptors (Lipinski definition) is 2. The van der Waals surface area contributed by atoms with Crippen LogP contribution in [0.2, 0.25) is 0 Å². The first-order valence-corrected chi connectivity index (χ1v) is 10.2. The van der Waals surface area contributed by atoms with Gasteiger partial charge in [0.15, 0.2) is 0 Å². The van der Waals surface area contributed by atoms with E-state index in [0.717, 1.165) is 24.1 Å². The molecule has 2 heterocycles. The van der Waals surface area contributed by atoms with Crippen molar-refractivity contribution in [2.24, 2.45) is 11.8 Å². The highest BCUT2D eigenvalue weighted by Gasteiger charge is 2.44. The summed E-state index contributed by atoms with van der Waals surface area (Å²) in [6.07, 6.45) is 6.19. The van der Waals surface area contributed by atoms with Crippen molar-refractivity contribution in [2.45, 2.75) is 38.8 Å². The lowest BCUT2D eigenvalue weighted by Crippen LogP contribution is -2.26. The molecular weight excluding hydrogens is 332 g/mol.